The normalized spacial score (nSPS) is 11.9. The molecular formula is C18H20FNOS2. The summed E-state index contributed by atoms with van der Waals surface area (Å²) in [6.07, 6.45) is 0. The van der Waals surface area contributed by atoms with Crippen molar-refractivity contribution in [2.45, 2.75) is 22.8 Å². The summed E-state index contributed by atoms with van der Waals surface area (Å²) in [4.78, 5) is 13.1. The molecule has 2 nitrogen and oxygen atoms in total. The van der Waals surface area contributed by atoms with Crippen molar-refractivity contribution < 1.29 is 9.18 Å². The Bertz CT molecular complexity index is 621. The third kappa shape index (κ3) is 6.28. The molecule has 1 amide bonds. The van der Waals surface area contributed by atoms with Gasteiger partial charge in [-0.3, -0.25) is 4.79 Å². The molecule has 122 valence electrons. The number of rotatable bonds is 8. The van der Waals surface area contributed by atoms with Crippen molar-refractivity contribution in [1.29, 1.82) is 0 Å². The fourth-order valence-electron chi connectivity index (χ4n) is 1.94. The molecule has 1 N–H and O–H groups in total. The molecule has 1 atom stereocenters. The van der Waals surface area contributed by atoms with Gasteiger partial charge in [0.15, 0.2) is 0 Å². The molecule has 0 aromatic heterocycles. The van der Waals surface area contributed by atoms with Gasteiger partial charge in [0.25, 0.3) is 0 Å². The minimum Gasteiger partial charge on any atom is -0.354 e. The summed E-state index contributed by atoms with van der Waals surface area (Å²) in [6.45, 7) is 2.50. The van der Waals surface area contributed by atoms with Crippen LogP contribution in [0.15, 0.2) is 59.5 Å². The average molecular weight is 349 g/mol. The molecule has 2 aromatic rings. The molecule has 0 spiro atoms. The van der Waals surface area contributed by atoms with E-state index in [4.69, 9.17) is 0 Å². The van der Waals surface area contributed by atoms with Gasteiger partial charge >= 0.3 is 0 Å². The van der Waals surface area contributed by atoms with Gasteiger partial charge in [-0.2, -0.15) is 11.8 Å². The SMILES string of the molecule is C[C@@H](Sc1ccccc1)C(=O)NCCSCc1ccccc1F. The first-order chi connectivity index (χ1) is 11.2. The Balaban J connectivity index is 1.64. The average Bonchev–Trinajstić information content (AvgIpc) is 2.57. The van der Waals surface area contributed by atoms with E-state index in [1.807, 2.05) is 43.3 Å². The first-order valence-corrected chi connectivity index (χ1v) is 9.51. The highest BCUT2D eigenvalue weighted by Gasteiger charge is 2.13. The van der Waals surface area contributed by atoms with Gasteiger partial charge in [-0.25, -0.2) is 4.39 Å². The molecule has 0 radical (unpaired) electrons. The lowest BCUT2D eigenvalue weighted by Crippen LogP contribution is -2.32. The second kappa shape index (κ2) is 9.63. The van der Waals surface area contributed by atoms with Crippen molar-refractivity contribution in [1.82, 2.24) is 5.32 Å². The van der Waals surface area contributed by atoms with Crippen LogP contribution in [0.25, 0.3) is 0 Å². The van der Waals surface area contributed by atoms with E-state index in [-0.39, 0.29) is 17.0 Å². The van der Waals surface area contributed by atoms with E-state index in [2.05, 4.69) is 5.32 Å². The molecule has 0 heterocycles. The summed E-state index contributed by atoms with van der Waals surface area (Å²) in [5.74, 6) is 1.25. The molecule has 0 saturated heterocycles. The number of hydrogen-bond donors (Lipinski definition) is 1. The highest BCUT2D eigenvalue weighted by molar-refractivity contribution is 8.00. The Morgan fingerprint density at radius 2 is 1.83 bits per heavy atom. The second-order valence-corrected chi connectivity index (χ2v) is 7.53. The largest absolute Gasteiger partial charge is 0.354 e. The zero-order chi connectivity index (χ0) is 16.5. The quantitative estimate of drug-likeness (QED) is 0.567. The van der Waals surface area contributed by atoms with E-state index < -0.39 is 0 Å². The van der Waals surface area contributed by atoms with E-state index in [9.17, 15) is 9.18 Å². The van der Waals surface area contributed by atoms with E-state index in [0.29, 0.717) is 17.9 Å². The van der Waals surface area contributed by atoms with E-state index in [1.54, 1.807) is 35.7 Å². The van der Waals surface area contributed by atoms with Crippen LogP contribution in [-0.4, -0.2) is 23.5 Å². The Morgan fingerprint density at radius 3 is 2.57 bits per heavy atom. The first kappa shape index (κ1) is 17.9. The Labute approximate surface area is 145 Å². The number of amides is 1. The summed E-state index contributed by atoms with van der Waals surface area (Å²) in [7, 11) is 0. The Morgan fingerprint density at radius 1 is 1.13 bits per heavy atom. The molecule has 0 unspecified atom stereocenters. The van der Waals surface area contributed by atoms with Crippen molar-refractivity contribution in [2.75, 3.05) is 12.3 Å². The van der Waals surface area contributed by atoms with E-state index >= 15 is 0 Å². The summed E-state index contributed by atoms with van der Waals surface area (Å²) >= 11 is 3.16. The lowest BCUT2D eigenvalue weighted by atomic mass is 10.2. The molecule has 0 saturated carbocycles. The fourth-order valence-corrected chi connectivity index (χ4v) is 3.70. The topological polar surface area (TPSA) is 29.1 Å². The predicted octanol–water partition coefficient (Wildman–Crippen LogP) is 4.36. The molecule has 0 fully saturated rings. The lowest BCUT2D eigenvalue weighted by molar-refractivity contribution is -0.120. The zero-order valence-electron chi connectivity index (χ0n) is 13.0. The Kier molecular flexibility index (Phi) is 7.49. The van der Waals surface area contributed by atoms with Crippen LogP contribution in [-0.2, 0) is 10.5 Å². The molecule has 2 rings (SSSR count). The van der Waals surface area contributed by atoms with Crippen LogP contribution in [0.4, 0.5) is 4.39 Å². The number of carbonyl (C=O) groups excluding carboxylic acids is 1. The summed E-state index contributed by atoms with van der Waals surface area (Å²) in [5, 5.41) is 2.80. The molecule has 23 heavy (non-hydrogen) atoms. The molecule has 0 aliphatic heterocycles. The van der Waals surface area contributed by atoms with Crippen molar-refractivity contribution >= 4 is 29.4 Å². The van der Waals surface area contributed by atoms with Gasteiger partial charge in [-0.1, -0.05) is 36.4 Å². The van der Waals surface area contributed by atoms with Crippen LogP contribution in [0.5, 0.6) is 0 Å². The number of carbonyl (C=O) groups is 1. The molecule has 0 bridgehead atoms. The smallest absolute Gasteiger partial charge is 0.233 e. The van der Waals surface area contributed by atoms with Gasteiger partial charge in [0.05, 0.1) is 5.25 Å². The van der Waals surface area contributed by atoms with Gasteiger partial charge in [0.1, 0.15) is 5.82 Å². The van der Waals surface area contributed by atoms with Crippen LogP contribution in [0.3, 0.4) is 0 Å². The number of nitrogens with one attached hydrogen (secondary N) is 1. The first-order valence-electron chi connectivity index (χ1n) is 7.47. The van der Waals surface area contributed by atoms with Gasteiger partial charge in [-0.15, -0.1) is 11.8 Å². The predicted molar refractivity (Wildman–Crippen MR) is 97.3 cm³/mol. The summed E-state index contributed by atoms with van der Waals surface area (Å²) in [6, 6.07) is 16.7. The summed E-state index contributed by atoms with van der Waals surface area (Å²) in [5.41, 5.74) is 0.705. The van der Waals surface area contributed by atoms with E-state index in [0.717, 1.165) is 10.6 Å². The van der Waals surface area contributed by atoms with Crippen LogP contribution < -0.4 is 5.32 Å². The molecule has 0 aliphatic carbocycles. The highest BCUT2D eigenvalue weighted by Crippen LogP contribution is 2.22. The van der Waals surface area contributed by atoms with E-state index in [1.165, 1.54) is 6.07 Å². The van der Waals surface area contributed by atoms with Crippen molar-refractivity contribution in [3.63, 3.8) is 0 Å². The molecule has 0 aliphatic rings. The maximum Gasteiger partial charge on any atom is 0.233 e. The zero-order valence-corrected chi connectivity index (χ0v) is 14.6. The number of benzene rings is 2. The van der Waals surface area contributed by atoms with Crippen molar-refractivity contribution in [2.24, 2.45) is 0 Å². The van der Waals surface area contributed by atoms with Crippen LogP contribution in [0, 0.1) is 5.82 Å². The number of thioether (sulfide) groups is 2. The van der Waals surface area contributed by atoms with Gasteiger partial charge in [0, 0.05) is 22.9 Å². The fraction of sp³-hybridized carbons (Fsp3) is 0.278. The van der Waals surface area contributed by atoms with Crippen molar-refractivity contribution in [3.05, 3.63) is 66.0 Å². The highest BCUT2D eigenvalue weighted by atomic mass is 32.2. The van der Waals surface area contributed by atoms with Gasteiger partial charge in [0.2, 0.25) is 5.91 Å². The maximum atomic E-state index is 13.5. The van der Waals surface area contributed by atoms with Gasteiger partial charge in [-0.05, 0) is 30.7 Å². The third-order valence-electron chi connectivity index (χ3n) is 3.19. The molecule has 2 aromatic carbocycles. The number of hydrogen-bond acceptors (Lipinski definition) is 3. The van der Waals surface area contributed by atoms with Crippen LogP contribution >= 0.6 is 23.5 Å². The Hall–Kier alpha value is -1.46. The third-order valence-corrected chi connectivity index (χ3v) is 5.31. The minimum absolute atomic E-state index is 0.0327. The monoisotopic (exact) mass is 349 g/mol. The second-order valence-electron chi connectivity index (χ2n) is 5.01. The van der Waals surface area contributed by atoms with Crippen LogP contribution in [0.1, 0.15) is 12.5 Å². The minimum atomic E-state index is -0.170. The standard InChI is InChI=1S/C18H20FNOS2/c1-14(23-16-8-3-2-4-9-16)18(21)20-11-12-22-13-15-7-5-6-10-17(15)19/h2-10,14H,11-13H2,1H3,(H,20,21)/t14-/m1/s1. The maximum absolute atomic E-state index is 13.5. The molecular weight excluding hydrogens is 329 g/mol. The summed E-state index contributed by atoms with van der Waals surface area (Å²) < 4.78 is 13.5. The lowest BCUT2D eigenvalue weighted by Gasteiger charge is -2.12. The van der Waals surface area contributed by atoms with Gasteiger partial charge < -0.3 is 5.32 Å². The number of halogens is 1. The van der Waals surface area contributed by atoms with Crippen molar-refractivity contribution in [3.8, 4) is 0 Å². The molecule has 5 heteroatoms. The van der Waals surface area contributed by atoms with Crippen LogP contribution in [0.2, 0.25) is 0 Å².